The van der Waals surface area contributed by atoms with Crippen LogP contribution in [0.5, 0.6) is 5.75 Å². The summed E-state index contributed by atoms with van der Waals surface area (Å²) in [6, 6.07) is 6.42. The topological polar surface area (TPSA) is 77.8 Å². The second-order valence-corrected chi connectivity index (χ2v) is 3.04. The van der Waals surface area contributed by atoms with Gasteiger partial charge in [-0.05, 0) is 11.6 Å². The summed E-state index contributed by atoms with van der Waals surface area (Å²) in [6.07, 6.45) is -0.186. The van der Waals surface area contributed by atoms with Gasteiger partial charge < -0.3 is 15.3 Å². The number of para-hydroxylation sites is 1. The van der Waals surface area contributed by atoms with Crippen molar-refractivity contribution in [2.24, 2.45) is 0 Å². The Morgan fingerprint density at radius 1 is 1.36 bits per heavy atom. The summed E-state index contributed by atoms with van der Waals surface area (Å²) in [5.74, 6) is -1.52. The van der Waals surface area contributed by atoms with Crippen LogP contribution in [0.15, 0.2) is 24.3 Å². The van der Waals surface area contributed by atoms with E-state index in [9.17, 15) is 9.90 Å². The van der Waals surface area contributed by atoms with Crippen molar-refractivity contribution in [3.05, 3.63) is 29.8 Å². The van der Waals surface area contributed by atoms with Crippen molar-refractivity contribution in [1.29, 1.82) is 0 Å². The maximum atomic E-state index is 10.5. The maximum Gasteiger partial charge on any atom is 0.304 e. The molecule has 1 unspecified atom stereocenters. The minimum absolute atomic E-state index is 0.0211. The first-order valence-electron chi connectivity index (χ1n) is 4.25. The third-order valence-electron chi connectivity index (χ3n) is 2.02. The Kier molecular flexibility index (Phi) is 3.48. The van der Waals surface area contributed by atoms with Crippen molar-refractivity contribution in [3.8, 4) is 5.75 Å². The lowest BCUT2D eigenvalue weighted by molar-refractivity contribution is -0.137. The first kappa shape index (κ1) is 10.5. The van der Waals surface area contributed by atoms with E-state index in [0.29, 0.717) is 5.56 Å². The third kappa shape index (κ3) is 2.47. The molecule has 76 valence electrons. The highest BCUT2D eigenvalue weighted by Crippen LogP contribution is 2.27. The molecule has 0 aromatic heterocycles. The molecule has 0 radical (unpaired) electrons. The Hall–Kier alpha value is -1.55. The normalized spacial score (nSPS) is 12.4. The van der Waals surface area contributed by atoms with Crippen LogP contribution in [0.25, 0.3) is 0 Å². The lowest BCUT2D eigenvalue weighted by Gasteiger charge is -2.13. The van der Waals surface area contributed by atoms with E-state index < -0.39 is 11.9 Å². The molecule has 0 spiro atoms. The fraction of sp³-hybridized carbons (Fsp3) is 0.300. The molecule has 1 atom stereocenters. The van der Waals surface area contributed by atoms with E-state index >= 15 is 0 Å². The molecule has 0 saturated heterocycles. The highest BCUT2D eigenvalue weighted by molar-refractivity contribution is 5.68. The van der Waals surface area contributed by atoms with Crippen molar-refractivity contribution < 1.29 is 20.1 Å². The van der Waals surface area contributed by atoms with Crippen LogP contribution in [0.3, 0.4) is 0 Å². The molecule has 0 aliphatic heterocycles. The van der Waals surface area contributed by atoms with Crippen LogP contribution in [-0.2, 0) is 4.79 Å². The van der Waals surface area contributed by atoms with Gasteiger partial charge in [-0.1, -0.05) is 18.2 Å². The van der Waals surface area contributed by atoms with Crippen LogP contribution < -0.4 is 0 Å². The van der Waals surface area contributed by atoms with Crippen molar-refractivity contribution in [3.63, 3.8) is 0 Å². The number of carboxylic acids is 1. The molecule has 0 fully saturated rings. The number of aliphatic hydroxyl groups excluding tert-OH is 1. The van der Waals surface area contributed by atoms with Gasteiger partial charge >= 0.3 is 5.97 Å². The van der Waals surface area contributed by atoms with Crippen LogP contribution in [0, 0.1) is 0 Å². The number of aromatic hydroxyl groups is 1. The summed E-state index contributed by atoms with van der Waals surface area (Å²) in [4.78, 5) is 10.5. The predicted octanol–water partition coefficient (Wildman–Crippen LogP) is 0.943. The van der Waals surface area contributed by atoms with Crippen LogP contribution in [0.2, 0.25) is 0 Å². The highest BCUT2D eigenvalue weighted by Gasteiger charge is 2.17. The lowest BCUT2D eigenvalue weighted by Crippen LogP contribution is -2.10. The summed E-state index contributed by atoms with van der Waals surface area (Å²) < 4.78 is 0. The van der Waals surface area contributed by atoms with Crippen molar-refractivity contribution >= 4 is 5.97 Å². The van der Waals surface area contributed by atoms with Gasteiger partial charge in [-0.25, -0.2) is 0 Å². The van der Waals surface area contributed by atoms with E-state index in [1.165, 1.54) is 6.07 Å². The second kappa shape index (κ2) is 4.62. The van der Waals surface area contributed by atoms with Crippen molar-refractivity contribution in [2.75, 3.05) is 6.61 Å². The number of aliphatic carboxylic acids is 1. The highest BCUT2D eigenvalue weighted by atomic mass is 16.4. The minimum Gasteiger partial charge on any atom is -0.508 e. The number of aliphatic hydroxyl groups is 1. The van der Waals surface area contributed by atoms with E-state index in [1.807, 2.05) is 0 Å². The Bertz CT molecular complexity index is 322. The van der Waals surface area contributed by atoms with Gasteiger partial charge in [-0.15, -0.1) is 0 Å². The van der Waals surface area contributed by atoms with Crippen molar-refractivity contribution in [2.45, 2.75) is 12.3 Å². The number of rotatable bonds is 4. The summed E-state index contributed by atoms with van der Waals surface area (Å²) in [6.45, 7) is -0.288. The van der Waals surface area contributed by atoms with Crippen LogP contribution in [-0.4, -0.2) is 27.9 Å². The first-order valence-corrected chi connectivity index (χ1v) is 4.25. The zero-order valence-corrected chi connectivity index (χ0v) is 7.55. The summed E-state index contributed by atoms with van der Waals surface area (Å²) in [5, 5.41) is 27.0. The standard InChI is InChI=1S/C10H12O4/c11-6-7(5-10(13)14)8-3-1-2-4-9(8)12/h1-4,7,11-12H,5-6H2,(H,13,14). The van der Waals surface area contributed by atoms with E-state index in [2.05, 4.69) is 0 Å². The van der Waals surface area contributed by atoms with Gasteiger partial charge in [0.25, 0.3) is 0 Å². The SMILES string of the molecule is O=C(O)CC(CO)c1ccccc1O. The van der Waals surface area contributed by atoms with Gasteiger partial charge in [0.05, 0.1) is 13.0 Å². The van der Waals surface area contributed by atoms with Crippen LogP contribution >= 0.6 is 0 Å². The zero-order valence-electron chi connectivity index (χ0n) is 7.55. The third-order valence-corrected chi connectivity index (χ3v) is 2.02. The molecular formula is C10H12O4. The molecule has 0 saturated carbocycles. The van der Waals surface area contributed by atoms with Gasteiger partial charge in [-0.2, -0.15) is 0 Å². The van der Waals surface area contributed by atoms with Gasteiger partial charge in [0.1, 0.15) is 5.75 Å². The predicted molar refractivity (Wildman–Crippen MR) is 50.2 cm³/mol. The van der Waals surface area contributed by atoms with Crippen LogP contribution in [0.1, 0.15) is 17.9 Å². The largest absolute Gasteiger partial charge is 0.508 e. The molecule has 4 nitrogen and oxygen atoms in total. The first-order chi connectivity index (χ1) is 6.65. The fourth-order valence-electron chi connectivity index (χ4n) is 1.32. The monoisotopic (exact) mass is 196 g/mol. The Morgan fingerprint density at radius 3 is 2.50 bits per heavy atom. The average molecular weight is 196 g/mol. The van der Waals surface area contributed by atoms with E-state index in [0.717, 1.165) is 0 Å². The quantitative estimate of drug-likeness (QED) is 0.669. The Labute approximate surface area is 81.4 Å². The number of carbonyl (C=O) groups is 1. The Morgan fingerprint density at radius 2 is 2.00 bits per heavy atom. The van der Waals surface area contributed by atoms with Gasteiger partial charge in [0.15, 0.2) is 0 Å². The summed E-state index contributed by atoms with van der Waals surface area (Å²) in [7, 11) is 0. The minimum atomic E-state index is -0.993. The molecule has 14 heavy (non-hydrogen) atoms. The zero-order chi connectivity index (χ0) is 10.6. The second-order valence-electron chi connectivity index (χ2n) is 3.04. The van der Waals surface area contributed by atoms with Crippen molar-refractivity contribution in [1.82, 2.24) is 0 Å². The molecule has 0 aliphatic carbocycles. The van der Waals surface area contributed by atoms with Gasteiger partial charge in [-0.3, -0.25) is 4.79 Å². The number of carboxylic acid groups (broad SMARTS) is 1. The molecule has 1 aromatic rings. The molecule has 0 heterocycles. The summed E-state index contributed by atoms with van der Waals surface area (Å²) in [5.41, 5.74) is 0.470. The molecule has 3 N–H and O–H groups in total. The van der Waals surface area contributed by atoms with E-state index in [1.54, 1.807) is 18.2 Å². The smallest absolute Gasteiger partial charge is 0.304 e. The molecule has 1 rings (SSSR count). The molecule has 0 amide bonds. The van der Waals surface area contributed by atoms with E-state index in [4.69, 9.17) is 10.2 Å². The number of phenols is 1. The van der Waals surface area contributed by atoms with Crippen LogP contribution in [0.4, 0.5) is 0 Å². The molecule has 0 aliphatic rings. The maximum absolute atomic E-state index is 10.5. The summed E-state index contributed by atoms with van der Waals surface area (Å²) >= 11 is 0. The number of hydrogen-bond donors (Lipinski definition) is 3. The molecule has 1 aromatic carbocycles. The van der Waals surface area contributed by atoms with Gasteiger partial charge in [0, 0.05) is 5.92 Å². The fourth-order valence-corrected chi connectivity index (χ4v) is 1.32. The number of benzene rings is 1. The molecule has 0 bridgehead atoms. The van der Waals surface area contributed by atoms with E-state index in [-0.39, 0.29) is 18.8 Å². The lowest BCUT2D eigenvalue weighted by atomic mass is 9.96. The number of phenolic OH excluding ortho intramolecular Hbond substituents is 1. The molecule has 4 heteroatoms. The number of hydrogen-bond acceptors (Lipinski definition) is 3. The average Bonchev–Trinajstić information content (AvgIpc) is 2.15. The molecular weight excluding hydrogens is 184 g/mol. The Balaban J connectivity index is 2.89. The van der Waals surface area contributed by atoms with Gasteiger partial charge in [0.2, 0.25) is 0 Å².